The molecule has 27 heavy (non-hydrogen) atoms. The lowest BCUT2D eigenvalue weighted by Gasteiger charge is -2.09. The van der Waals surface area contributed by atoms with Crippen LogP contribution in [0.5, 0.6) is 5.88 Å². The fourth-order valence-electron chi connectivity index (χ4n) is 1.60. The highest BCUT2D eigenvalue weighted by molar-refractivity contribution is 6.31. The Morgan fingerprint density at radius 2 is 2.00 bits per heavy atom. The average Bonchev–Trinajstić information content (AvgIpc) is 2.66. The molecule has 3 N–H and O–H groups in total. The maximum absolute atomic E-state index is 12.1. The minimum absolute atomic E-state index is 0.0637. The van der Waals surface area contributed by atoms with Crippen LogP contribution in [0.4, 0.5) is 8.78 Å². The van der Waals surface area contributed by atoms with E-state index in [9.17, 15) is 13.6 Å². The third kappa shape index (κ3) is 9.25. The average molecular weight is 401 g/mol. The van der Waals surface area contributed by atoms with Crippen molar-refractivity contribution in [1.82, 2.24) is 15.3 Å². The molecule has 2 aromatic rings. The van der Waals surface area contributed by atoms with Crippen molar-refractivity contribution in [3.05, 3.63) is 52.9 Å². The highest BCUT2D eigenvalue weighted by Crippen LogP contribution is 2.22. The highest BCUT2D eigenvalue weighted by atomic mass is 35.5. The number of aromatic nitrogens is 2. The van der Waals surface area contributed by atoms with Gasteiger partial charge in [-0.1, -0.05) is 18.5 Å². The van der Waals surface area contributed by atoms with Gasteiger partial charge in [0.2, 0.25) is 5.88 Å². The van der Waals surface area contributed by atoms with E-state index in [1.165, 1.54) is 24.7 Å². The van der Waals surface area contributed by atoms with Crippen molar-refractivity contribution in [3.8, 4) is 5.88 Å². The van der Waals surface area contributed by atoms with Crippen LogP contribution in [0.3, 0.4) is 0 Å². The van der Waals surface area contributed by atoms with Crippen LogP contribution in [0, 0.1) is 0 Å². The zero-order chi connectivity index (χ0) is 20.2. The molecule has 0 radical (unpaired) electrons. The number of nitrogens with zero attached hydrogens (tertiary/aromatic N) is 2. The molecule has 0 aliphatic heterocycles. The number of hydrogen-bond donors (Lipinski definition) is 2. The fraction of sp³-hybridized carbons (Fsp3) is 0.389. The summed E-state index contributed by atoms with van der Waals surface area (Å²) >= 11 is 5.89. The number of rotatable bonds is 7. The lowest BCUT2D eigenvalue weighted by atomic mass is 10.2. The number of halogens is 3. The molecule has 2 rings (SSSR count). The largest absolute Gasteiger partial charge is 0.471 e. The van der Waals surface area contributed by atoms with E-state index >= 15 is 0 Å². The van der Waals surface area contributed by atoms with Crippen LogP contribution in [0.1, 0.15) is 36.2 Å². The molecule has 1 atom stereocenters. The lowest BCUT2D eigenvalue weighted by Crippen LogP contribution is -2.22. The van der Waals surface area contributed by atoms with E-state index in [-0.39, 0.29) is 23.4 Å². The van der Waals surface area contributed by atoms with Crippen molar-refractivity contribution in [2.24, 2.45) is 5.73 Å². The predicted molar refractivity (Wildman–Crippen MR) is 100 cm³/mol. The minimum atomic E-state index is -2.60. The Morgan fingerprint density at radius 3 is 2.52 bits per heavy atom. The second kappa shape index (κ2) is 12.1. The van der Waals surface area contributed by atoms with E-state index in [2.05, 4.69) is 22.2 Å². The number of hydrogen-bond acceptors (Lipinski definition) is 5. The Balaban J connectivity index is 0.000000646. The summed E-state index contributed by atoms with van der Waals surface area (Å²) in [4.78, 5) is 19.5. The first kappa shape index (κ1) is 22.7. The van der Waals surface area contributed by atoms with E-state index in [4.69, 9.17) is 22.1 Å². The van der Waals surface area contributed by atoms with Gasteiger partial charge in [0, 0.05) is 36.7 Å². The number of carbonyl (C=O) groups excluding carboxylic acids is 1. The molecule has 0 aliphatic carbocycles. The lowest BCUT2D eigenvalue weighted by molar-refractivity contribution is 0.0796. The van der Waals surface area contributed by atoms with Crippen molar-refractivity contribution >= 4 is 17.5 Å². The third-order valence-corrected chi connectivity index (χ3v) is 3.52. The Labute approximate surface area is 162 Å². The Hall–Kier alpha value is -2.32. The molecule has 9 heteroatoms. The summed E-state index contributed by atoms with van der Waals surface area (Å²) in [7, 11) is 0. The Bertz CT molecular complexity index is 703. The zero-order valence-electron chi connectivity index (χ0n) is 15.2. The molecule has 2 heterocycles. The zero-order valence-corrected chi connectivity index (χ0v) is 15.9. The minimum Gasteiger partial charge on any atom is -0.471 e. The number of ether oxygens (including phenoxy) is 1. The second-order valence-electron chi connectivity index (χ2n) is 5.64. The molecule has 1 unspecified atom stereocenters. The molecule has 6 nitrogen and oxygen atoms in total. The van der Waals surface area contributed by atoms with E-state index in [1.54, 1.807) is 12.1 Å². The quantitative estimate of drug-likeness (QED) is 0.742. The summed E-state index contributed by atoms with van der Waals surface area (Å²) < 4.78 is 28.9. The van der Waals surface area contributed by atoms with Gasteiger partial charge in [0.25, 0.3) is 12.3 Å². The number of nitrogens with two attached hydrogens (primary N) is 1. The van der Waals surface area contributed by atoms with Crippen molar-refractivity contribution in [1.29, 1.82) is 0 Å². The number of nitrogens with one attached hydrogen (secondary N) is 1. The van der Waals surface area contributed by atoms with E-state index in [0.29, 0.717) is 17.2 Å². The summed E-state index contributed by atoms with van der Waals surface area (Å²) in [5.41, 5.74) is 6.39. The molecule has 0 saturated carbocycles. The summed E-state index contributed by atoms with van der Waals surface area (Å²) in [6.45, 7) is 3.50. The summed E-state index contributed by atoms with van der Waals surface area (Å²) in [6.07, 6.45) is 2.92. The first-order valence-electron chi connectivity index (χ1n) is 8.32. The van der Waals surface area contributed by atoms with Crippen molar-refractivity contribution < 1.29 is 18.3 Å². The number of carbonyl (C=O) groups is 1. The van der Waals surface area contributed by atoms with Gasteiger partial charge in [-0.25, -0.2) is 13.8 Å². The van der Waals surface area contributed by atoms with Gasteiger partial charge >= 0.3 is 0 Å². The van der Waals surface area contributed by atoms with Crippen LogP contribution in [-0.2, 0) is 6.54 Å². The maximum Gasteiger partial charge on any atom is 0.272 e. The van der Waals surface area contributed by atoms with Crippen LogP contribution in [0.2, 0.25) is 5.02 Å². The van der Waals surface area contributed by atoms with E-state index in [1.807, 2.05) is 6.92 Å². The predicted octanol–water partition coefficient (Wildman–Crippen LogP) is 3.45. The maximum atomic E-state index is 12.1. The summed E-state index contributed by atoms with van der Waals surface area (Å²) in [6, 6.07) is 5.06. The van der Waals surface area contributed by atoms with Crippen LogP contribution in [-0.4, -0.2) is 34.9 Å². The first-order chi connectivity index (χ1) is 12.8. The van der Waals surface area contributed by atoms with Crippen molar-refractivity contribution in [2.45, 2.75) is 39.3 Å². The smallest absolute Gasteiger partial charge is 0.272 e. The van der Waals surface area contributed by atoms with Crippen LogP contribution >= 0.6 is 11.6 Å². The molecular formula is C18H23ClF2N4O2. The topological polar surface area (TPSA) is 90.1 Å². The van der Waals surface area contributed by atoms with Crippen LogP contribution < -0.4 is 15.8 Å². The van der Waals surface area contributed by atoms with Gasteiger partial charge in [0.05, 0.1) is 0 Å². The first-order valence-corrected chi connectivity index (χ1v) is 8.70. The highest BCUT2D eigenvalue weighted by Gasteiger charge is 2.10. The summed E-state index contributed by atoms with van der Waals surface area (Å²) in [5, 5.41) is 2.79. The third-order valence-electron chi connectivity index (χ3n) is 3.25. The molecule has 0 aliphatic rings. The van der Waals surface area contributed by atoms with Gasteiger partial charge < -0.3 is 15.8 Å². The van der Waals surface area contributed by atoms with Gasteiger partial charge in [-0.15, -0.1) is 0 Å². The number of alkyl halides is 2. The van der Waals surface area contributed by atoms with Gasteiger partial charge in [-0.2, -0.15) is 0 Å². The monoisotopic (exact) mass is 400 g/mol. The fourth-order valence-corrected chi connectivity index (χ4v) is 1.84. The second-order valence-corrected chi connectivity index (χ2v) is 6.04. The molecule has 1 amide bonds. The molecule has 2 aromatic heterocycles. The summed E-state index contributed by atoms with van der Waals surface area (Å²) in [5.74, 6) is -0.331. The van der Waals surface area contributed by atoms with E-state index in [0.717, 1.165) is 6.42 Å². The molecule has 0 spiro atoms. The molecule has 0 saturated heterocycles. The normalized spacial score (nSPS) is 11.4. The van der Waals surface area contributed by atoms with Crippen LogP contribution in [0.15, 0.2) is 36.8 Å². The number of pyridine rings is 2. The Kier molecular flexibility index (Phi) is 10.2. The van der Waals surface area contributed by atoms with Gasteiger partial charge in [0.1, 0.15) is 5.02 Å². The SMILES string of the molecule is CCC(C)N.O=C(NCc1cnc(OCC(F)F)c(Cl)c1)c1ccncc1. The van der Waals surface area contributed by atoms with E-state index < -0.39 is 13.0 Å². The van der Waals surface area contributed by atoms with Crippen molar-refractivity contribution in [3.63, 3.8) is 0 Å². The van der Waals surface area contributed by atoms with Crippen molar-refractivity contribution in [2.75, 3.05) is 6.61 Å². The molecule has 148 valence electrons. The van der Waals surface area contributed by atoms with Gasteiger partial charge in [-0.3, -0.25) is 9.78 Å². The standard InChI is InChI=1S/C14H12ClF2N3O2.C4H11N/c15-11-5-9(7-20-14(11)22-8-12(16)17)6-19-13(21)10-1-3-18-4-2-10;1-3-4(2)5/h1-5,7,12H,6,8H2,(H,19,21);4H,3,5H2,1-2H3. The van der Waals surface area contributed by atoms with Crippen LogP contribution in [0.25, 0.3) is 0 Å². The number of amides is 1. The molecule has 0 bridgehead atoms. The molecule has 0 fully saturated rings. The molecule has 0 aromatic carbocycles. The van der Waals surface area contributed by atoms with Gasteiger partial charge in [0.15, 0.2) is 6.61 Å². The Morgan fingerprint density at radius 1 is 1.37 bits per heavy atom. The molecular weight excluding hydrogens is 378 g/mol. The van der Waals surface area contributed by atoms with Gasteiger partial charge in [-0.05, 0) is 37.1 Å².